The Hall–Kier alpha value is -0.460. The lowest BCUT2D eigenvalue weighted by Crippen LogP contribution is -1.90. The molecular weight excluding hydrogens is 86.1 g/mol. The molecule has 0 atom stereocenters. The highest BCUT2D eigenvalue weighted by Gasteiger charge is 1.96. The summed E-state index contributed by atoms with van der Waals surface area (Å²) in [5.41, 5.74) is 7.97. The van der Waals surface area contributed by atoms with Crippen LogP contribution in [0.4, 0.5) is 0 Å². The van der Waals surface area contributed by atoms with Crippen molar-refractivity contribution in [2.24, 2.45) is 0 Å². The fourth-order valence-electron chi connectivity index (χ4n) is 0.838. The van der Waals surface area contributed by atoms with Crippen LogP contribution < -0.4 is 5.73 Å². The smallest absolute Gasteiger partial charge is 0.0274 e. The van der Waals surface area contributed by atoms with E-state index in [0.29, 0.717) is 0 Å². The van der Waals surface area contributed by atoms with Gasteiger partial charge in [0.25, 0.3) is 0 Å². The van der Waals surface area contributed by atoms with E-state index in [0.717, 1.165) is 18.5 Å². The summed E-state index contributed by atoms with van der Waals surface area (Å²) in [5.74, 6) is 0. The van der Waals surface area contributed by atoms with Gasteiger partial charge in [0.15, 0.2) is 0 Å². The second kappa shape index (κ2) is 2.01. The fraction of sp³-hybridized carbons (Fsp3) is 0.667. The summed E-state index contributed by atoms with van der Waals surface area (Å²) in [6.45, 7) is 0. The zero-order valence-electron chi connectivity index (χ0n) is 4.41. The molecule has 1 heteroatoms. The van der Waals surface area contributed by atoms with Crippen LogP contribution in [-0.2, 0) is 0 Å². The van der Waals surface area contributed by atoms with Crippen LogP contribution >= 0.6 is 0 Å². The van der Waals surface area contributed by atoms with Crippen LogP contribution in [0, 0.1) is 0 Å². The fourth-order valence-corrected chi connectivity index (χ4v) is 0.838. The molecule has 0 unspecified atom stereocenters. The third-order valence-electron chi connectivity index (χ3n) is 1.29. The van der Waals surface area contributed by atoms with Gasteiger partial charge in [0.05, 0.1) is 0 Å². The quantitative estimate of drug-likeness (QED) is 0.438. The molecule has 1 nitrogen and oxygen atoms in total. The normalized spacial score (nSPS) is 21.4. The summed E-state index contributed by atoms with van der Waals surface area (Å²) < 4.78 is 0. The van der Waals surface area contributed by atoms with Gasteiger partial charge in [-0.05, 0) is 25.7 Å². The van der Waals surface area contributed by atoms with Gasteiger partial charge in [-0.2, -0.15) is 0 Å². The van der Waals surface area contributed by atoms with Crippen LogP contribution in [0.1, 0.15) is 25.7 Å². The average Bonchev–Trinajstić information content (AvgIpc) is 1.69. The van der Waals surface area contributed by atoms with Gasteiger partial charge < -0.3 is 5.73 Å². The van der Waals surface area contributed by atoms with Gasteiger partial charge >= 0.3 is 0 Å². The van der Waals surface area contributed by atoms with Crippen molar-refractivity contribution in [2.75, 3.05) is 0 Å². The Balaban J connectivity index is 2.40. The van der Waals surface area contributed by atoms with E-state index in [4.69, 9.17) is 5.73 Å². The molecule has 0 spiro atoms. The van der Waals surface area contributed by atoms with E-state index in [1.54, 1.807) is 0 Å². The SMILES string of the molecule is [NH]C1=CCCCC1. The molecule has 0 fully saturated rings. The van der Waals surface area contributed by atoms with Crippen LogP contribution in [0.2, 0.25) is 0 Å². The molecular formula is C6H10N. The zero-order valence-corrected chi connectivity index (χ0v) is 4.41. The van der Waals surface area contributed by atoms with Crippen molar-refractivity contribution in [1.29, 1.82) is 0 Å². The average molecular weight is 96.2 g/mol. The van der Waals surface area contributed by atoms with E-state index in [9.17, 15) is 0 Å². The summed E-state index contributed by atoms with van der Waals surface area (Å²) >= 11 is 0. The summed E-state index contributed by atoms with van der Waals surface area (Å²) in [6.07, 6.45) is 6.69. The molecule has 0 aliphatic heterocycles. The predicted molar refractivity (Wildman–Crippen MR) is 29.6 cm³/mol. The van der Waals surface area contributed by atoms with Gasteiger partial charge in [-0.15, -0.1) is 0 Å². The van der Waals surface area contributed by atoms with E-state index >= 15 is 0 Å². The monoisotopic (exact) mass is 96.1 g/mol. The molecule has 0 saturated carbocycles. The van der Waals surface area contributed by atoms with Crippen molar-refractivity contribution in [1.82, 2.24) is 5.73 Å². The highest BCUT2D eigenvalue weighted by molar-refractivity contribution is 4.98. The molecule has 7 heavy (non-hydrogen) atoms. The van der Waals surface area contributed by atoms with Crippen molar-refractivity contribution in [2.45, 2.75) is 25.7 Å². The maximum absolute atomic E-state index is 7.13. The highest BCUT2D eigenvalue weighted by atomic mass is 14.6. The Labute approximate surface area is 44.2 Å². The number of hydrogen-bond acceptors (Lipinski definition) is 0. The molecule has 0 bridgehead atoms. The molecule has 1 N–H and O–H groups in total. The van der Waals surface area contributed by atoms with Crippen molar-refractivity contribution >= 4 is 0 Å². The number of hydrogen-bond donors (Lipinski definition) is 0. The lowest BCUT2D eigenvalue weighted by atomic mass is 10.1. The molecule has 1 radical (unpaired) electrons. The summed E-state index contributed by atoms with van der Waals surface area (Å²) in [4.78, 5) is 0. The lowest BCUT2D eigenvalue weighted by Gasteiger charge is -2.04. The minimum Gasteiger partial charge on any atom is -0.306 e. The molecule has 0 aromatic carbocycles. The van der Waals surface area contributed by atoms with Crippen LogP contribution in [0.3, 0.4) is 0 Å². The first-order valence-electron chi connectivity index (χ1n) is 2.80. The summed E-state index contributed by atoms with van der Waals surface area (Å²) in [6, 6.07) is 0. The Morgan fingerprint density at radius 1 is 1.43 bits per heavy atom. The standard InChI is InChI=1S/C6H10N/c7-6-4-2-1-3-5-6/h4,7H,1-3,5H2. The maximum atomic E-state index is 7.13. The second-order valence-corrected chi connectivity index (χ2v) is 1.98. The second-order valence-electron chi connectivity index (χ2n) is 1.98. The Morgan fingerprint density at radius 3 is 2.57 bits per heavy atom. The summed E-state index contributed by atoms with van der Waals surface area (Å²) in [7, 11) is 0. The zero-order chi connectivity index (χ0) is 5.11. The van der Waals surface area contributed by atoms with Gasteiger partial charge in [-0.25, -0.2) is 0 Å². The van der Waals surface area contributed by atoms with E-state index < -0.39 is 0 Å². The number of rotatable bonds is 0. The number of nitrogens with one attached hydrogen (secondary N) is 1. The molecule has 1 rings (SSSR count). The lowest BCUT2D eigenvalue weighted by molar-refractivity contribution is 0.692. The van der Waals surface area contributed by atoms with Crippen LogP contribution in [0.15, 0.2) is 11.8 Å². The topological polar surface area (TPSA) is 23.8 Å². The maximum Gasteiger partial charge on any atom is 0.0274 e. The van der Waals surface area contributed by atoms with Crippen molar-refractivity contribution in [3.05, 3.63) is 11.8 Å². The number of allylic oxidation sites excluding steroid dienone is 2. The van der Waals surface area contributed by atoms with Crippen molar-refractivity contribution in [3.8, 4) is 0 Å². The van der Waals surface area contributed by atoms with E-state index in [1.165, 1.54) is 12.8 Å². The largest absolute Gasteiger partial charge is 0.306 e. The van der Waals surface area contributed by atoms with Gasteiger partial charge in [0.1, 0.15) is 0 Å². The first kappa shape index (κ1) is 4.69. The molecule has 0 aromatic rings. The van der Waals surface area contributed by atoms with Crippen LogP contribution in [-0.4, -0.2) is 0 Å². The molecule has 0 saturated heterocycles. The third-order valence-corrected chi connectivity index (χ3v) is 1.29. The molecule has 0 amide bonds. The Morgan fingerprint density at radius 2 is 2.29 bits per heavy atom. The minimum atomic E-state index is 0.839. The van der Waals surface area contributed by atoms with Gasteiger partial charge in [0.2, 0.25) is 0 Å². The molecule has 1 aliphatic carbocycles. The molecule has 1 aliphatic rings. The molecule has 39 valence electrons. The van der Waals surface area contributed by atoms with Crippen LogP contribution in [0.25, 0.3) is 0 Å². The van der Waals surface area contributed by atoms with E-state index in [2.05, 4.69) is 0 Å². The highest BCUT2D eigenvalue weighted by Crippen LogP contribution is 2.13. The van der Waals surface area contributed by atoms with Gasteiger partial charge in [-0.1, -0.05) is 6.08 Å². The van der Waals surface area contributed by atoms with Gasteiger partial charge in [-0.3, -0.25) is 0 Å². The van der Waals surface area contributed by atoms with E-state index in [-0.39, 0.29) is 0 Å². The van der Waals surface area contributed by atoms with Crippen LogP contribution in [0.5, 0.6) is 0 Å². The third kappa shape index (κ3) is 1.22. The first-order valence-corrected chi connectivity index (χ1v) is 2.80. The van der Waals surface area contributed by atoms with Crippen molar-refractivity contribution < 1.29 is 0 Å². The molecule has 0 heterocycles. The van der Waals surface area contributed by atoms with Crippen molar-refractivity contribution in [3.63, 3.8) is 0 Å². The summed E-state index contributed by atoms with van der Waals surface area (Å²) in [5, 5.41) is 0. The van der Waals surface area contributed by atoms with Gasteiger partial charge in [0, 0.05) is 5.70 Å². The molecule has 0 aromatic heterocycles. The Bertz CT molecular complexity index is 84.2. The minimum absolute atomic E-state index is 0.839. The van der Waals surface area contributed by atoms with E-state index in [1.807, 2.05) is 6.08 Å². The predicted octanol–water partition coefficient (Wildman–Crippen LogP) is 1.73. The Kier molecular flexibility index (Phi) is 1.35. The first-order chi connectivity index (χ1) is 3.39.